The molecular formula is C14H18N2O4. The molecule has 2 N–H and O–H groups in total. The number of nitrogens with zero attached hydrogens (tertiary/aromatic N) is 1. The molecule has 2 rings (SSSR count). The van der Waals surface area contributed by atoms with Crippen LogP contribution in [0.2, 0.25) is 0 Å². The lowest BCUT2D eigenvalue weighted by atomic mass is 10.1. The molecular weight excluding hydrogens is 260 g/mol. The number of carbonyl (C=O) groups is 2. The second-order valence-electron chi connectivity index (χ2n) is 4.67. The molecule has 0 aromatic heterocycles. The largest absolute Gasteiger partial charge is 0.479 e. The van der Waals surface area contributed by atoms with Gasteiger partial charge < -0.3 is 15.2 Å². The standard InChI is InChI=1S/C14H18N2O4/c1-8(14(18)19-3)16-11-6-10(7-15)4-5-12(11)20-9(2)13(16)17/h4-6,8-9H,7,15H2,1-3H3. The molecule has 6 nitrogen and oxygen atoms in total. The van der Waals surface area contributed by atoms with Crippen LogP contribution in [0.5, 0.6) is 5.75 Å². The zero-order valence-electron chi connectivity index (χ0n) is 11.8. The van der Waals surface area contributed by atoms with Crippen LogP contribution in [0.15, 0.2) is 18.2 Å². The summed E-state index contributed by atoms with van der Waals surface area (Å²) in [7, 11) is 1.30. The van der Waals surface area contributed by atoms with Crippen LogP contribution in [-0.4, -0.2) is 31.1 Å². The van der Waals surface area contributed by atoms with Crippen molar-refractivity contribution in [1.29, 1.82) is 0 Å². The summed E-state index contributed by atoms with van der Waals surface area (Å²) in [4.78, 5) is 25.5. The molecule has 0 saturated carbocycles. The molecule has 0 aliphatic carbocycles. The van der Waals surface area contributed by atoms with Gasteiger partial charge in [0, 0.05) is 6.54 Å². The molecule has 0 radical (unpaired) electrons. The van der Waals surface area contributed by atoms with Crippen LogP contribution in [0.4, 0.5) is 5.69 Å². The Hall–Kier alpha value is -2.08. The number of ether oxygens (including phenoxy) is 2. The fourth-order valence-corrected chi connectivity index (χ4v) is 2.21. The number of rotatable bonds is 3. The fourth-order valence-electron chi connectivity index (χ4n) is 2.21. The first-order chi connectivity index (χ1) is 9.49. The summed E-state index contributed by atoms with van der Waals surface area (Å²) in [5.74, 6) is -0.189. The summed E-state index contributed by atoms with van der Waals surface area (Å²) in [5.41, 5.74) is 7.02. The molecule has 2 unspecified atom stereocenters. The highest BCUT2D eigenvalue weighted by Crippen LogP contribution is 2.36. The van der Waals surface area contributed by atoms with Crippen LogP contribution < -0.4 is 15.4 Å². The van der Waals surface area contributed by atoms with Crippen LogP contribution in [0.25, 0.3) is 0 Å². The number of esters is 1. The van der Waals surface area contributed by atoms with Gasteiger partial charge in [0.05, 0.1) is 12.8 Å². The summed E-state index contributed by atoms with van der Waals surface area (Å²) < 4.78 is 10.3. The van der Waals surface area contributed by atoms with Crippen molar-refractivity contribution >= 4 is 17.6 Å². The van der Waals surface area contributed by atoms with E-state index >= 15 is 0 Å². The van der Waals surface area contributed by atoms with Gasteiger partial charge in [-0.25, -0.2) is 4.79 Å². The van der Waals surface area contributed by atoms with E-state index in [-0.39, 0.29) is 5.91 Å². The molecule has 1 aromatic rings. The van der Waals surface area contributed by atoms with Gasteiger partial charge in [-0.2, -0.15) is 0 Å². The van der Waals surface area contributed by atoms with Gasteiger partial charge in [0.1, 0.15) is 11.8 Å². The number of hydrogen-bond donors (Lipinski definition) is 1. The third kappa shape index (κ3) is 2.34. The lowest BCUT2D eigenvalue weighted by molar-refractivity contribution is -0.143. The normalized spacial score (nSPS) is 19.1. The highest BCUT2D eigenvalue weighted by atomic mass is 16.5. The Morgan fingerprint density at radius 2 is 2.25 bits per heavy atom. The number of methoxy groups -OCH3 is 1. The maximum absolute atomic E-state index is 12.3. The monoisotopic (exact) mass is 278 g/mol. The lowest BCUT2D eigenvalue weighted by Crippen LogP contribution is -2.51. The molecule has 1 heterocycles. The summed E-state index contributed by atoms with van der Waals surface area (Å²) >= 11 is 0. The van der Waals surface area contributed by atoms with Crippen molar-refractivity contribution in [2.24, 2.45) is 5.73 Å². The van der Waals surface area contributed by atoms with Gasteiger partial charge in [0.2, 0.25) is 0 Å². The van der Waals surface area contributed by atoms with Crippen LogP contribution in [0.1, 0.15) is 19.4 Å². The van der Waals surface area contributed by atoms with E-state index in [0.717, 1.165) is 5.56 Å². The fraction of sp³-hybridized carbons (Fsp3) is 0.429. The summed E-state index contributed by atoms with van der Waals surface area (Å²) in [5, 5.41) is 0. The van der Waals surface area contributed by atoms with Crippen molar-refractivity contribution in [2.45, 2.75) is 32.5 Å². The Morgan fingerprint density at radius 3 is 2.85 bits per heavy atom. The molecule has 1 aromatic carbocycles. The SMILES string of the molecule is COC(=O)C(C)N1C(=O)C(C)Oc2ccc(CN)cc21. The van der Waals surface area contributed by atoms with Crippen molar-refractivity contribution in [3.05, 3.63) is 23.8 Å². The minimum Gasteiger partial charge on any atom is -0.479 e. The van der Waals surface area contributed by atoms with Crippen LogP contribution in [0, 0.1) is 0 Å². The van der Waals surface area contributed by atoms with E-state index in [2.05, 4.69) is 0 Å². The predicted octanol–water partition coefficient (Wildman–Crippen LogP) is 0.821. The number of amides is 1. The molecule has 20 heavy (non-hydrogen) atoms. The minimum absolute atomic E-state index is 0.274. The Balaban J connectivity index is 2.49. The molecule has 0 fully saturated rings. The first-order valence-electron chi connectivity index (χ1n) is 6.40. The summed E-state index contributed by atoms with van der Waals surface area (Å²) in [6, 6.07) is 4.64. The zero-order chi connectivity index (χ0) is 14.9. The zero-order valence-corrected chi connectivity index (χ0v) is 11.8. The van der Waals surface area contributed by atoms with Gasteiger partial charge in [-0.3, -0.25) is 9.69 Å². The Morgan fingerprint density at radius 1 is 1.55 bits per heavy atom. The Kier molecular flexibility index (Phi) is 3.94. The average molecular weight is 278 g/mol. The molecule has 108 valence electrons. The molecule has 0 bridgehead atoms. The number of hydrogen-bond acceptors (Lipinski definition) is 5. The van der Waals surface area contributed by atoms with Crippen molar-refractivity contribution in [1.82, 2.24) is 0 Å². The van der Waals surface area contributed by atoms with Gasteiger partial charge >= 0.3 is 5.97 Å². The second-order valence-corrected chi connectivity index (χ2v) is 4.67. The summed E-state index contributed by atoms with van der Waals surface area (Å²) in [6.07, 6.45) is -0.640. The third-order valence-corrected chi connectivity index (χ3v) is 3.34. The number of benzene rings is 1. The van der Waals surface area contributed by atoms with E-state index in [0.29, 0.717) is 18.0 Å². The maximum Gasteiger partial charge on any atom is 0.328 e. The van der Waals surface area contributed by atoms with E-state index < -0.39 is 18.1 Å². The van der Waals surface area contributed by atoms with E-state index in [9.17, 15) is 9.59 Å². The van der Waals surface area contributed by atoms with Gasteiger partial charge in [0.15, 0.2) is 6.10 Å². The average Bonchev–Trinajstić information content (AvgIpc) is 2.46. The number of carbonyl (C=O) groups excluding carboxylic acids is 2. The van der Waals surface area contributed by atoms with Crippen molar-refractivity contribution in [2.75, 3.05) is 12.0 Å². The quantitative estimate of drug-likeness (QED) is 0.828. The minimum atomic E-state index is -0.717. The highest BCUT2D eigenvalue weighted by Gasteiger charge is 2.37. The van der Waals surface area contributed by atoms with Crippen LogP contribution in [-0.2, 0) is 20.9 Å². The van der Waals surface area contributed by atoms with E-state index in [1.807, 2.05) is 6.07 Å². The van der Waals surface area contributed by atoms with Crippen LogP contribution in [0.3, 0.4) is 0 Å². The molecule has 0 saturated heterocycles. The highest BCUT2D eigenvalue weighted by molar-refractivity contribution is 6.04. The van der Waals surface area contributed by atoms with Crippen LogP contribution >= 0.6 is 0 Å². The third-order valence-electron chi connectivity index (χ3n) is 3.34. The van der Waals surface area contributed by atoms with E-state index in [4.69, 9.17) is 15.2 Å². The Bertz CT molecular complexity index is 544. The molecule has 1 aliphatic rings. The molecule has 2 atom stereocenters. The van der Waals surface area contributed by atoms with Gasteiger partial charge in [-0.1, -0.05) is 6.07 Å². The summed E-state index contributed by atoms with van der Waals surface area (Å²) in [6.45, 7) is 3.62. The maximum atomic E-state index is 12.3. The number of nitrogens with two attached hydrogens (primary N) is 1. The first-order valence-corrected chi connectivity index (χ1v) is 6.40. The molecule has 6 heteroatoms. The van der Waals surface area contributed by atoms with Gasteiger partial charge in [0.25, 0.3) is 5.91 Å². The van der Waals surface area contributed by atoms with Gasteiger partial charge in [-0.05, 0) is 31.5 Å². The van der Waals surface area contributed by atoms with Crippen molar-refractivity contribution in [3.63, 3.8) is 0 Å². The lowest BCUT2D eigenvalue weighted by Gasteiger charge is -2.35. The topological polar surface area (TPSA) is 81.9 Å². The molecule has 1 aliphatic heterocycles. The number of fused-ring (bicyclic) bond motifs is 1. The molecule has 1 amide bonds. The van der Waals surface area contributed by atoms with Crippen molar-refractivity contribution in [3.8, 4) is 5.75 Å². The van der Waals surface area contributed by atoms with E-state index in [1.54, 1.807) is 26.0 Å². The Labute approximate surface area is 117 Å². The first kappa shape index (κ1) is 14.3. The smallest absolute Gasteiger partial charge is 0.328 e. The number of anilines is 1. The van der Waals surface area contributed by atoms with Crippen molar-refractivity contribution < 1.29 is 19.1 Å². The van der Waals surface area contributed by atoms with E-state index in [1.165, 1.54) is 12.0 Å². The predicted molar refractivity (Wildman–Crippen MR) is 73.4 cm³/mol. The molecule has 0 spiro atoms. The second kappa shape index (κ2) is 5.50. The van der Waals surface area contributed by atoms with Gasteiger partial charge in [-0.15, -0.1) is 0 Å².